The normalized spacial score (nSPS) is 12.0. The summed E-state index contributed by atoms with van der Waals surface area (Å²) >= 11 is 1.17. The quantitative estimate of drug-likeness (QED) is 0.765. The van der Waals surface area contributed by atoms with E-state index in [4.69, 9.17) is 14.6 Å². The highest BCUT2D eigenvalue weighted by molar-refractivity contribution is 7.14. The number of carboxylic acids is 1. The van der Waals surface area contributed by atoms with E-state index in [-0.39, 0.29) is 17.6 Å². The molecule has 0 aromatic carbocycles. The molecule has 2 amide bonds. The van der Waals surface area contributed by atoms with Crippen LogP contribution in [0, 0.1) is 0 Å². The lowest BCUT2D eigenvalue weighted by molar-refractivity contribution is 0.0698. The average molecular weight is 316 g/mol. The van der Waals surface area contributed by atoms with Crippen LogP contribution in [0.5, 0.6) is 0 Å². The molecule has 118 valence electrons. The lowest BCUT2D eigenvalue weighted by Crippen LogP contribution is -2.45. The Hall–Kier alpha value is -1.64. The minimum absolute atomic E-state index is 0.0828. The van der Waals surface area contributed by atoms with Crippen LogP contribution in [-0.4, -0.2) is 62.0 Å². The zero-order valence-corrected chi connectivity index (χ0v) is 13.1. The van der Waals surface area contributed by atoms with E-state index in [9.17, 15) is 9.59 Å². The van der Waals surface area contributed by atoms with Gasteiger partial charge in [0.2, 0.25) is 0 Å². The van der Waals surface area contributed by atoms with Crippen LogP contribution in [0.1, 0.15) is 17.3 Å². The van der Waals surface area contributed by atoms with Gasteiger partial charge in [-0.25, -0.2) is 9.59 Å². The molecular weight excluding hydrogens is 296 g/mol. The summed E-state index contributed by atoms with van der Waals surface area (Å²) in [5.74, 6) is -1.07. The van der Waals surface area contributed by atoms with Gasteiger partial charge in [-0.1, -0.05) is 0 Å². The molecule has 0 spiro atoms. The van der Waals surface area contributed by atoms with Crippen LogP contribution < -0.4 is 5.32 Å². The highest BCUT2D eigenvalue weighted by atomic mass is 32.1. The number of carbonyl (C=O) groups is 2. The third kappa shape index (κ3) is 5.00. The second kappa shape index (κ2) is 8.60. The van der Waals surface area contributed by atoms with E-state index in [2.05, 4.69) is 5.32 Å². The number of amides is 2. The predicted octanol–water partition coefficient (Wildman–Crippen LogP) is 1.96. The van der Waals surface area contributed by atoms with E-state index in [0.717, 1.165) is 0 Å². The first kappa shape index (κ1) is 17.4. The van der Waals surface area contributed by atoms with Gasteiger partial charge in [0.1, 0.15) is 5.00 Å². The second-order valence-corrected chi connectivity index (χ2v) is 5.31. The number of ether oxygens (including phenoxy) is 2. The number of thiophene rings is 1. The number of hydrogen-bond acceptors (Lipinski definition) is 5. The number of anilines is 1. The molecule has 1 atom stereocenters. The molecule has 0 radical (unpaired) electrons. The summed E-state index contributed by atoms with van der Waals surface area (Å²) in [6.45, 7) is 3.01. The van der Waals surface area contributed by atoms with Gasteiger partial charge in [0.05, 0.1) is 24.8 Å². The molecule has 1 rings (SSSR count). The summed E-state index contributed by atoms with van der Waals surface area (Å²) in [6, 6.07) is 0.931. The van der Waals surface area contributed by atoms with Crippen LogP contribution in [0.15, 0.2) is 11.4 Å². The number of methoxy groups -OCH3 is 2. The van der Waals surface area contributed by atoms with Crippen LogP contribution in [0.25, 0.3) is 0 Å². The van der Waals surface area contributed by atoms with Gasteiger partial charge < -0.3 is 19.5 Å². The topological polar surface area (TPSA) is 88.1 Å². The first-order chi connectivity index (χ1) is 10.0. The molecule has 21 heavy (non-hydrogen) atoms. The fourth-order valence-electron chi connectivity index (χ4n) is 1.79. The van der Waals surface area contributed by atoms with Crippen LogP contribution in [0.3, 0.4) is 0 Å². The Bertz CT molecular complexity index is 477. The molecule has 0 aliphatic rings. The number of carbonyl (C=O) groups excluding carboxylic acids is 1. The Morgan fingerprint density at radius 2 is 2.14 bits per heavy atom. The maximum atomic E-state index is 12.3. The Morgan fingerprint density at radius 3 is 2.71 bits per heavy atom. The number of urea groups is 1. The van der Waals surface area contributed by atoms with Gasteiger partial charge in [-0.15, -0.1) is 11.3 Å². The number of nitrogens with zero attached hydrogens (tertiary/aromatic N) is 1. The molecule has 1 aromatic rings. The Balaban J connectivity index is 2.79. The van der Waals surface area contributed by atoms with Crippen molar-refractivity contribution in [3.63, 3.8) is 0 Å². The molecule has 2 N–H and O–H groups in total. The molecule has 1 unspecified atom stereocenters. The molecule has 7 nitrogen and oxygen atoms in total. The Kier molecular flexibility index (Phi) is 7.13. The summed E-state index contributed by atoms with van der Waals surface area (Å²) in [7, 11) is 3.11. The van der Waals surface area contributed by atoms with Gasteiger partial charge in [0, 0.05) is 20.8 Å². The maximum absolute atomic E-state index is 12.3. The number of carboxylic acid groups (broad SMARTS) is 1. The molecule has 1 aromatic heterocycles. The predicted molar refractivity (Wildman–Crippen MR) is 80.2 cm³/mol. The second-order valence-electron chi connectivity index (χ2n) is 4.39. The molecule has 0 saturated heterocycles. The highest BCUT2D eigenvalue weighted by Crippen LogP contribution is 2.23. The van der Waals surface area contributed by atoms with Crippen LogP contribution >= 0.6 is 11.3 Å². The zero-order chi connectivity index (χ0) is 15.8. The van der Waals surface area contributed by atoms with Crippen LogP contribution in [0.2, 0.25) is 0 Å². The molecule has 0 aliphatic heterocycles. The summed E-state index contributed by atoms with van der Waals surface area (Å²) in [5.41, 5.74) is 0.0828. The van der Waals surface area contributed by atoms with Crippen molar-refractivity contribution in [1.82, 2.24) is 4.90 Å². The highest BCUT2D eigenvalue weighted by Gasteiger charge is 2.22. The largest absolute Gasteiger partial charge is 0.478 e. The monoisotopic (exact) mass is 316 g/mol. The van der Waals surface area contributed by atoms with Crippen LogP contribution in [-0.2, 0) is 9.47 Å². The third-order valence-corrected chi connectivity index (χ3v) is 3.68. The van der Waals surface area contributed by atoms with Gasteiger partial charge in [0.15, 0.2) is 0 Å². The summed E-state index contributed by atoms with van der Waals surface area (Å²) in [6.07, 6.45) is 0. The first-order valence-electron chi connectivity index (χ1n) is 6.37. The van der Waals surface area contributed by atoms with Crippen molar-refractivity contribution >= 4 is 28.3 Å². The van der Waals surface area contributed by atoms with Gasteiger partial charge in [0.25, 0.3) is 0 Å². The van der Waals surface area contributed by atoms with E-state index in [1.807, 2.05) is 6.92 Å². The minimum atomic E-state index is -1.07. The molecule has 0 aliphatic carbocycles. The summed E-state index contributed by atoms with van der Waals surface area (Å²) in [4.78, 5) is 24.9. The fraction of sp³-hybridized carbons (Fsp3) is 0.538. The van der Waals surface area contributed by atoms with Gasteiger partial charge in [-0.05, 0) is 18.4 Å². The maximum Gasteiger partial charge on any atom is 0.338 e. The zero-order valence-electron chi connectivity index (χ0n) is 12.3. The van der Waals surface area contributed by atoms with E-state index in [1.54, 1.807) is 24.5 Å². The van der Waals surface area contributed by atoms with Crippen molar-refractivity contribution in [1.29, 1.82) is 0 Å². The van der Waals surface area contributed by atoms with Crippen molar-refractivity contribution in [2.45, 2.75) is 13.0 Å². The lowest BCUT2D eigenvalue weighted by Gasteiger charge is -2.28. The van der Waals surface area contributed by atoms with E-state index in [0.29, 0.717) is 24.8 Å². The molecule has 0 fully saturated rings. The molecule has 1 heterocycles. The summed E-state index contributed by atoms with van der Waals surface area (Å²) in [5, 5.41) is 13.6. The SMILES string of the molecule is COCCN(C(=O)Nc1sccc1C(=O)O)C(C)COC. The summed E-state index contributed by atoms with van der Waals surface area (Å²) < 4.78 is 10.1. The number of nitrogens with one attached hydrogen (secondary N) is 1. The standard InChI is InChI=1S/C13H20N2O5S/c1-9(8-20-3)15(5-6-19-2)13(18)14-11-10(12(16)17)4-7-21-11/h4,7,9H,5-6,8H2,1-3H3,(H,14,18)(H,16,17). The average Bonchev–Trinajstić information content (AvgIpc) is 2.87. The Labute approximate surface area is 127 Å². The Morgan fingerprint density at radius 1 is 1.43 bits per heavy atom. The van der Waals surface area contributed by atoms with Crippen molar-refractivity contribution in [2.75, 3.05) is 39.3 Å². The van der Waals surface area contributed by atoms with Gasteiger partial charge in [-0.3, -0.25) is 5.32 Å². The lowest BCUT2D eigenvalue weighted by atomic mass is 10.3. The third-order valence-electron chi connectivity index (χ3n) is 2.85. The minimum Gasteiger partial charge on any atom is -0.478 e. The number of rotatable bonds is 8. The van der Waals surface area contributed by atoms with Crippen LogP contribution in [0.4, 0.5) is 9.80 Å². The van der Waals surface area contributed by atoms with Crippen molar-refractivity contribution in [3.8, 4) is 0 Å². The van der Waals surface area contributed by atoms with E-state index < -0.39 is 5.97 Å². The smallest absolute Gasteiger partial charge is 0.338 e. The molecule has 8 heteroatoms. The number of hydrogen-bond donors (Lipinski definition) is 2. The van der Waals surface area contributed by atoms with Gasteiger partial charge in [-0.2, -0.15) is 0 Å². The van der Waals surface area contributed by atoms with E-state index >= 15 is 0 Å². The van der Waals surface area contributed by atoms with Crippen molar-refractivity contribution < 1.29 is 24.2 Å². The fourth-order valence-corrected chi connectivity index (χ4v) is 2.56. The number of aromatic carboxylic acids is 1. The van der Waals surface area contributed by atoms with Gasteiger partial charge >= 0.3 is 12.0 Å². The molecule has 0 saturated carbocycles. The molecular formula is C13H20N2O5S. The first-order valence-corrected chi connectivity index (χ1v) is 7.25. The van der Waals surface area contributed by atoms with Crippen molar-refractivity contribution in [3.05, 3.63) is 17.0 Å². The van der Waals surface area contributed by atoms with Crippen molar-refractivity contribution in [2.24, 2.45) is 0 Å². The molecule has 0 bridgehead atoms. The van der Waals surface area contributed by atoms with E-state index in [1.165, 1.54) is 17.4 Å².